The number of carbonyl (C=O) groups excluding carboxylic acids is 1. The van der Waals surface area contributed by atoms with Gasteiger partial charge in [0.25, 0.3) is 0 Å². The first-order valence-corrected chi connectivity index (χ1v) is 5.10. The molecule has 0 amide bonds. The Kier molecular flexibility index (Phi) is 2.68. The van der Waals surface area contributed by atoms with Crippen LogP contribution in [0, 0.1) is 5.82 Å². The molecule has 1 heterocycles. The van der Waals surface area contributed by atoms with Gasteiger partial charge in [-0.05, 0) is 24.3 Å². The Morgan fingerprint density at radius 1 is 1.33 bits per heavy atom. The molecule has 2 aromatic rings. The highest BCUT2D eigenvalue weighted by Crippen LogP contribution is 2.20. The Labute approximate surface area is 94.3 Å². The van der Waals surface area contributed by atoms with E-state index in [1.54, 1.807) is 18.5 Å². The van der Waals surface area contributed by atoms with E-state index in [2.05, 4.69) is 20.9 Å². The lowest BCUT2D eigenvalue weighted by atomic mass is 10.1. The summed E-state index contributed by atoms with van der Waals surface area (Å²) in [4.78, 5) is 14.6. The molecule has 0 aliphatic rings. The highest BCUT2D eigenvalue weighted by Gasteiger charge is 2.13. The quantitative estimate of drug-likeness (QED) is 0.834. The van der Waals surface area contributed by atoms with Crippen molar-refractivity contribution >= 4 is 21.7 Å². The lowest BCUT2D eigenvalue weighted by Gasteiger charge is -2.01. The fourth-order valence-electron chi connectivity index (χ4n) is 1.29. The molecule has 4 heteroatoms. The van der Waals surface area contributed by atoms with Crippen LogP contribution in [0.25, 0.3) is 0 Å². The highest BCUT2D eigenvalue weighted by molar-refractivity contribution is 9.10. The third kappa shape index (κ3) is 1.99. The zero-order valence-corrected chi connectivity index (χ0v) is 9.21. The van der Waals surface area contributed by atoms with Gasteiger partial charge >= 0.3 is 0 Å². The number of halogens is 2. The lowest BCUT2D eigenvalue weighted by Crippen LogP contribution is -2.01. The molecule has 0 fully saturated rings. The van der Waals surface area contributed by atoms with Crippen molar-refractivity contribution < 1.29 is 9.18 Å². The molecule has 0 radical (unpaired) electrons. The van der Waals surface area contributed by atoms with Crippen LogP contribution in [0.4, 0.5) is 4.39 Å². The molecular formula is C11H7BrFNO. The molecule has 0 saturated heterocycles. The van der Waals surface area contributed by atoms with Crippen LogP contribution in [0.3, 0.4) is 0 Å². The van der Waals surface area contributed by atoms with Crippen molar-refractivity contribution in [2.75, 3.05) is 0 Å². The Morgan fingerprint density at radius 2 is 2.13 bits per heavy atom. The summed E-state index contributed by atoms with van der Waals surface area (Å²) in [6, 6.07) is 5.70. The molecule has 0 bridgehead atoms. The van der Waals surface area contributed by atoms with Gasteiger partial charge in [0, 0.05) is 28.0 Å². The van der Waals surface area contributed by atoms with Gasteiger partial charge in [-0.2, -0.15) is 0 Å². The zero-order valence-electron chi connectivity index (χ0n) is 7.63. The summed E-state index contributed by atoms with van der Waals surface area (Å²) in [5.41, 5.74) is 0.843. The van der Waals surface area contributed by atoms with E-state index in [1.807, 2.05) is 0 Å². The lowest BCUT2D eigenvalue weighted by molar-refractivity contribution is 0.103. The van der Waals surface area contributed by atoms with Crippen molar-refractivity contribution in [2.24, 2.45) is 0 Å². The number of hydrogen-bond acceptors (Lipinski definition) is 1. The van der Waals surface area contributed by atoms with Crippen LogP contribution in [0.5, 0.6) is 0 Å². The van der Waals surface area contributed by atoms with E-state index in [9.17, 15) is 9.18 Å². The molecule has 2 rings (SSSR count). The normalized spacial score (nSPS) is 10.3. The van der Waals surface area contributed by atoms with Gasteiger partial charge in [0.2, 0.25) is 0 Å². The van der Waals surface area contributed by atoms with Gasteiger partial charge < -0.3 is 4.98 Å². The molecule has 1 N–H and O–H groups in total. The average molecular weight is 268 g/mol. The summed E-state index contributed by atoms with van der Waals surface area (Å²) in [6.45, 7) is 0. The standard InChI is InChI=1S/C11H7BrFNO/c12-10-2-1-8(13)5-9(10)11(15)7-3-4-14-6-7/h1-6,14H. The van der Waals surface area contributed by atoms with E-state index >= 15 is 0 Å². The number of carbonyl (C=O) groups is 1. The van der Waals surface area contributed by atoms with E-state index in [-0.39, 0.29) is 5.78 Å². The Hall–Kier alpha value is -1.42. The van der Waals surface area contributed by atoms with E-state index in [0.29, 0.717) is 15.6 Å². The minimum Gasteiger partial charge on any atom is -0.367 e. The van der Waals surface area contributed by atoms with Crippen molar-refractivity contribution in [1.82, 2.24) is 4.98 Å². The van der Waals surface area contributed by atoms with Crippen LogP contribution in [-0.4, -0.2) is 10.8 Å². The number of nitrogens with one attached hydrogen (secondary N) is 1. The predicted octanol–water partition coefficient (Wildman–Crippen LogP) is 3.15. The molecule has 0 spiro atoms. The fourth-order valence-corrected chi connectivity index (χ4v) is 1.72. The van der Waals surface area contributed by atoms with E-state index in [0.717, 1.165) is 0 Å². The van der Waals surface area contributed by atoms with Crippen LogP contribution in [-0.2, 0) is 0 Å². The molecule has 0 saturated carbocycles. The summed E-state index contributed by atoms with van der Waals surface area (Å²) in [6.07, 6.45) is 3.24. The molecule has 1 aromatic heterocycles. The SMILES string of the molecule is O=C(c1cc[nH]c1)c1cc(F)ccc1Br. The number of aromatic nitrogens is 1. The zero-order chi connectivity index (χ0) is 10.8. The van der Waals surface area contributed by atoms with Gasteiger partial charge in [0.15, 0.2) is 5.78 Å². The third-order valence-corrected chi connectivity index (χ3v) is 2.72. The number of aromatic amines is 1. The highest BCUT2D eigenvalue weighted by atomic mass is 79.9. The molecule has 0 aliphatic carbocycles. The number of ketones is 1. The smallest absolute Gasteiger partial charge is 0.195 e. The second kappa shape index (κ2) is 3.98. The number of rotatable bonds is 2. The van der Waals surface area contributed by atoms with Crippen molar-refractivity contribution in [3.63, 3.8) is 0 Å². The molecule has 0 aliphatic heterocycles. The average Bonchev–Trinajstić information content (AvgIpc) is 2.74. The maximum Gasteiger partial charge on any atom is 0.195 e. The van der Waals surface area contributed by atoms with Crippen LogP contribution in [0.15, 0.2) is 41.1 Å². The van der Waals surface area contributed by atoms with E-state index in [4.69, 9.17) is 0 Å². The van der Waals surface area contributed by atoms with Crippen LogP contribution in [0.1, 0.15) is 15.9 Å². The maximum absolute atomic E-state index is 13.0. The molecule has 2 nitrogen and oxygen atoms in total. The number of hydrogen-bond donors (Lipinski definition) is 1. The summed E-state index contributed by atoms with van der Waals surface area (Å²) in [5.74, 6) is -0.625. The van der Waals surface area contributed by atoms with Crippen LogP contribution < -0.4 is 0 Å². The summed E-state index contributed by atoms with van der Waals surface area (Å²) < 4.78 is 13.6. The minimum atomic E-state index is -0.419. The van der Waals surface area contributed by atoms with Crippen LogP contribution in [0.2, 0.25) is 0 Å². The summed E-state index contributed by atoms with van der Waals surface area (Å²) in [7, 11) is 0. The first-order chi connectivity index (χ1) is 7.18. The van der Waals surface area contributed by atoms with Crippen molar-refractivity contribution in [3.05, 3.63) is 58.1 Å². The third-order valence-electron chi connectivity index (χ3n) is 2.03. The predicted molar refractivity (Wildman–Crippen MR) is 58.3 cm³/mol. The van der Waals surface area contributed by atoms with Gasteiger partial charge in [-0.1, -0.05) is 15.9 Å². The topological polar surface area (TPSA) is 32.9 Å². The second-order valence-corrected chi connectivity index (χ2v) is 3.91. The van der Waals surface area contributed by atoms with Gasteiger partial charge in [0.1, 0.15) is 5.82 Å². The fraction of sp³-hybridized carbons (Fsp3) is 0. The summed E-state index contributed by atoms with van der Waals surface area (Å²) >= 11 is 3.22. The summed E-state index contributed by atoms with van der Waals surface area (Å²) in [5, 5.41) is 0. The molecule has 0 atom stereocenters. The maximum atomic E-state index is 13.0. The molecule has 1 aromatic carbocycles. The Balaban J connectivity index is 2.46. The van der Waals surface area contributed by atoms with Crippen molar-refractivity contribution in [2.45, 2.75) is 0 Å². The van der Waals surface area contributed by atoms with Gasteiger partial charge in [0.05, 0.1) is 0 Å². The second-order valence-electron chi connectivity index (χ2n) is 3.05. The van der Waals surface area contributed by atoms with Crippen molar-refractivity contribution in [1.29, 1.82) is 0 Å². The molecule has 15 heavy (non-hydrogen) atoms. The first-order valence-electron chi connectivity index (χ1n) is 4.31. The van der Waals surface area contributed by atoms with Crippen molar-refractivity contribution in [3.8, 4) is 0 Å². The number of H-pyrrole nitrogens is 1. The molecule has 0 unspecified atom stereocenters. The van der Waals surface area contributed by atoms with Gasteiger partial charge in [-0.3, -0.25) is 4.79 Å². The van der Waals surface area contributed by atoms with E-state index < -0.39 is 5.82 Å². The van der Waals surface area contributed by atoms with Gasteiger partial charge in [-0.15, -0.1) is 0 Å². The van der Waals surface area contributed by atoms with E-state index in [1.165, 1.54) is 18.2 Å². The number of benzene rings is 1. The Bertz CT molecular complexity index is 493. The van der Waals surface area contributed by atoms with Gasteiger partial charge in [-0.25, -0.2) is 4.39 Å². The Morgan fingerprint density at radius 3 is 2.80 bits per heavy atom. The molecule has 76 valence electrons. The largest absolute Gasteiger partial charge is 0.367 e. The molecular weight excluding hydrogens is 261 g/mol. The minimum absolute atomic E-state index is 0.206. The first kappa shape index (κ1) is 10.1. The monoisotopic (exact) mass is 267 g/mol. The van der Waals surface area contributed by atoms with Crippen LogP contribution >= 0.6 is 15.9 Å².